The molecule has 2 saturated heterocycles. The number of hydrogen-bond acceptors (Lipinski definition) is 4. The minimum absolute atomic E-state index is 0.496. The molecule has 0 saturated carbocycles. The summed E-state index contributed by atoms with van der Waals surface area (Å²) in [7, 11) is 3.99. The molecule has 0 radical (unpaired) electrons. The first kappa shape index (κ1) is 16.8. The largest absolute Gasteiger partial charge is 0.497 e. The quantitative estimate of drug-likeness (QED) is 0.773. The van der Waals surface area contributed by atoms with Gasteiger partial charge in [-0.2, -0.15) is 0 Å². The Labute approximate surface area is 160 Å². The summed E-state index contributed by atoms with van der Waals surface area (Å²) >= 11 is 0. The Kier molecular flexibility index (Phi) is 4.14. The highest BCUT2D eigenvalue weighted by molar-refractivity contribution is 5.79. The number of ether oxygens (including phenoxy) is 1. The zero-order chi connectivity index (χ0) is 18.4. The lowest BCUT2D eigenvalue weighted by molar-refractivity contribution is 0.225. The van der Waals surface area contributed by atoms with Gasteiger partial charge in [-0.25, -0.2) is 4.98 Å². The highest BCUT2D eigenvalue weighted by Gasteiger charge is 2.45. The number of aromatic amines is 1. The van der Waals surface area contributed by atoms with Gasteiger partial charge in [0.05, 0.1) is 7.11 Å². The van der Waals surface area contributed by atoms with Crippen molar-refractivity contribution in [1.82, 2.24) is 19.8 Å². The van der Waals surface area contributed by atoms with Crippen LogP contribution >= 0.6 is 0 Å². The fraction of sp³-hybridized carbons (Fsp3) is 0.409. The van der Waals surface area contributed by atoms with E-state index >= 15 is 0 Å². The number of likely N-dealkylation sites (tertiary alicyclic amines) is 2. The average Bonchev–Trinajstić information content (AvgIpc) is 3.35. The molecular formula is C22H26N4O. The van der Waals surface area contributed by atoms with Gasteiger partial charge in [0, 0.05) is 50.0 Å². The number of nitrogens with zero attached hydrogens (tertiary/aromatic N) is 3. The molecule has 2 fully saturated rings. The normalized spacial score (nSPS) is 25.9. The summed E-state index contributed by atoms with van der Waals surface area (Å²) in [6, 6.07) is 13.3. The van der Waals surface area contributed by atoms with E-state index in [1.807, 2.05) is 12.3 Å². The van der Waals surface area contributed by atoms with E-state index < -0.39 is 0 Å². The van der Waals surface area contributed by atoms with Gasteiger partial charge in [-0.1, -0.05) is 12.1 Å². The van der Waals surface area contributed by atoms with Crippen molar-refractivity contribution in [2.75, 3.05) is 33.8 Å². The van der Waals surface area contributed by atoms with Crippen LogP contribution in [0.25, 0.3) is 11.0 Å². The molecule has 0 amide bonds. The molecule has 2 aliphatic heterocycles. The minimum Gasteiger partial charge on any atom is -0.497 e. The van der Waals surface area contributed by atoms with Crippen molar-refractivity contribution >= 4 is 11.0 Å². The zero-order valence-corrected chi connectivity index (χ0v) is 15.9. The number of pyridine rings is 1. The molecule has 0 bridgehead atoms. The molecule has 0 unspecified atom stereocenters. The molecule has 0 aliphatic carbocycles. The van der Waals surface area contributed by atoms with E-state index in [1.54, 1.807) is 7.11 Å². The van der Waals surface area contributed by atoms with Crippen molar-refractivity contribution in [3.8, 4) is 5.75 Å². The Morgan fingerprint density at radius 1 is 1.15 bits per heavy atom. The Hall–Kier alpha value is -2.37. The summed E-state index contributed by atoms with van der Waals surface area (Å²) in [5.74, 6) is 2.36. The Morgan fingerprint density at radius 2 is 2.00 bits per heavy atom. The van der Waals surface area contributed by atoms with E-state index in [2.05, 4.69) is 63.3 Å². The number of nitrogens with one attached hydrogen (secondary N) is 1. The summed E-state index contributed by atoms with van der Waals surface area (Å²) in [6.07, 6.45) is 3.97. The maximum atomic E-state index is 5.33. The second-order valence-corrected chi connectivity index (χ2v) is 7.99. The van der Waals surface area contributed by atoms with E-state index in [1.165, 1.54) is 29.6 Å². The van der Waals surface area contributed by atoms with Crippen LogP contribution in [0.4, 0.5) is 0 Å². The van der Waals surface area contributed by atoms with E-state index in [-0.39, 0.29) is 0 Å². The van der Waals surface area contributed by atoms with Gasteiger partial charge >= 0.3 is 0 Å². The number of aromatic nitrogens is 2. The Balaban J connectivity index is 1.34. The van der Waals surface area contributed by atoms with Crippen molar-refractivity contribution < 1.29 is 4.74 Å². The zero-order valence-electron chi connectivity index (χ0n) is 15.9. The van der Waals surface area contributed by atoms with Crippen LogP contribution in [0.15, 0.2) is 48.8 Å². The average molecular weight is 362 g/mol. The van der Waals surface area contributed by atoms with Gasteiger partial charge in [0.2, 0.25) is 0 Å². The molecule has 3 aromatic rings. The molecule has 2 aliphatic rings. The molecule has 3 atom stereocenters. The Bertz CT molecular complexity index is 935. The summed E-state index contributed by atoms with van der Waals surface area (Å²) in [4.78, 5) is 12.9. The van der Waals surface area contributed by atoms with Crippen LogP contribution < -0.4 is 4.74 Å². The first-order valence-corrected chi connectivity index (χ1v) is 9.70. The van der Waals surface area contributed by atoms with Crippen LogP contribution in [0.3, 0.4) is 0 Å². The third kappa shape index (κ3) is 2.91. The number of benzene rings is 1. The molecule has 1 aromatic carbocycles. The molecule has 5 nitrogen and oxygen atoms in total. The molecule has 5 rings (SSSR count). The van der Waals surface area contributed by atoms with Crippen molar-refractivity contribution in [3.63, 3.8) is 0 Å². The monoisotopic (exact) mass is 362 g/mol. The number of H-pyrrole nitrogens is 1. The van der Waals surface area contributed by atoms with E-state index in [9.17, 15) is 0 Å². The van der Waals surface area contributed by atoms with Crippen molar-refractivity contribution in [2.24, 2.45) is 11.8 Å². The number of hydrogen-bond donors (Lipinski definition) is 1. The summed E-state index contributed by atoms with van der Waals surface area (Å²) in [6.45, 7) is 4.50. The fourth-order valence-electron chi connectivity index (χ4n) is 5.17. The third-order valence-corrected chi connectivity index (χ3v) is 6.36. The fourth-order valence-corrected chi connectivity index (χ4v) is 5.17. The predicted molar refractivity (Wildman–Crippen MR) is 107 cm³/mol. The SMILES string of the molecule is COc1ccc([C@H]2[C@@H]3CN(Cc4c[nH]c5ncccc45)C[C@@H]3CN2C)cc1. The number of methoxy groups -OCH3 is 1. The Morgan fingerprint density at radius 3 is 2.81 bits per heavy atom. The molecule has 27 heavy (non-hydrogen) atoms. The standard InChI is InChI=1S/C22H26N4O/c1-25-11-17-13-26(12-16-10-24-22-19(16)4-3-9-23-22)14-20(17)21(25)15-5-7-18(27-2)8-6-15/h3-10,17,20-21H,11-14H2,1-2H3,(H,23,24)/t17-,20+,21-/m0/s1. The van der Waals surface area contributed by atoms with Crippen LogP contribution in [0.2, 0.25) is 0 Å². The first-order chi connectivity index (χ1) is 13.2. The van der Waals surface area contributed by atoms with E-state index in [0.29, 0.717) is 12.0 Å². The van der Waals surface area contributed by atoms with Crippen LogP contribution in [0.1, 0.15) is 17.2 Å². The second kappa shape index (κ2) is 6.66. The predicted octanol–water partition coefficient (Wildman–Crippen LogP) is 3.31. The van der Waals surface area contributed by atoms with Crippen molar-refractivity contribution in [2.45, 2.75) is 12.6 Å². The van der Waals surface area contributed by atoms with Crippen molar-refractivity contribution in [3.05, 3.63) is 59.9 Å². The van der Waals surface area contributed by atoms with Gasteiger partial charge in [0.25, 0.3) is 0 Å². The van der Waals surface area contributed by atoms with Gasteiger partial charge in [0.1, 0.15) is 11.4 Å². The summed E-state index contributed by atoms with van der Waals surface area (Å²) in [5.41, 5.74) is 3.75. The van der Waals surface area contributed by atoms with E-state index in [4.69, 9.17) is 4.74 Å². The van der Waals surface area contributed by atoms with E-state index in [0.717, 1.165) is 30.4 Å². The molecule has 0 spiro atoms. The second-order valence-electron chi connectivity index (χ2n) is 7.99. The molecular weight excluding hydrogens is 336 g/mol. The van der Waals surface area contributed by atoms with Gasteiger partial charge in [-0.3, -0.25) is 9.80 Å². The molecule has 5 heteroatoms. The maximum absolute atomic E-state index is 5.33. The number of fused-ring (bicyclic) bond motifs is 2. The number of rotatable bonds is 4. The van der Waals surface area contributed by atoms with Gasteiger partial charge in [-0.15, -0.1) is 0 Å². The van der Waals surface area contributed by atoms with Gasteiger partial charge in [-0.05, 0) is 54.3 Å². The third-order valence-electron chi connectivity index (χ3n) is 6.36. The lowest BCUT2D eigenvalue weighted by Crippen LogP contribution is -2.28. The molecule has 1 N–H and O–H groups in total. The van der Waals surface area contributed by atoms with Crippen molar-refractivity contribution in [1.29, 1.82) is 0 Å². The van der Waals surface area contributed by atoms with Crippen LogP contribution in [0.5, 0.6) is 5.75 Å². The molecule has 140 valence electrons. The first-order valence-electron chi connectivity index (χ1n) is 9.70. The summed E-state index contributed by atoms with van der Waals surface area (Å²) in [5, 5.41) is 1.25. The smallest absolute Gasteiger partial charge is 0.137 e. The van der Waals surface area contributed by atoms with Crippen LogP contribution in [0, 0.1) is 11.8 Å². The lowest BCUT2D eigenvalue weighted by atomic mass is 9.89. The summed E-state index contributed by atoms with van der Waals surface area (Å²) < 4.78 is 5.33. The van der Waals surface area contributed by atoms with Crippen LogP contribution in [-0.4, -0.2) is 53.6 Å². The molecule has 2 aromatic heterocycles. The minimum atomic E-state index is 0.496. The lowest BCUT2D eigenvalue weighted by Gasteiger charge is -2.27. The topological polar surface area (TPSA) is 44.4 Å². The van der Waals surface area contributed by atoms with Crippen LogP contribution in [-0.2, 0) is 6.54 Å². The maximum Gasteiger partial charge on any atom is 0.137 e. The van der Waals surface area contributed by atoms with Gasteiger partial charge < -0.3 is 9.72 Å². The molecule has 4 heterocycles. The highest BCUT2D eigenvalue weighted by Crippen LogP contribution is 2.44. The van der Waals surface area contributed by atoms with Gasteiger partial charge in [0.15, 0.2) is 0 Å². The highest BCUT2D eigenvalue weighted by atomic mass is 16.5.